The lowest BCUT2D eigenvalue weighted by molar-refractivity contribution is 0.632. The molecule has 1 heteroatoms. The molecule has 25 heavy (non-hydrogen) atoms. The number of hydrogen-bond donors (Lipinski definition) is 1. The molecule has 0 bridgehead atoms. The average molecular weight is 329 g/mol. The zero-order chi connectivity index (χ0) is 18.0. The fourth-order valence-corrected chi connectivity index (χ4v) is 3.86. The van der Waals surface area contributed by atoms with Gasteiger partial charge in [0, 0.05) is 23.7 Å². The van der Waals surface area contributed by atoms with Crippen LogP contribution in [-0.2, 0) is 5.41 Å². The molecular weight excluding hydrogens is 302 g/mol. The summed E-state index contributed by atoms with van der Waals surface area (Å²) in [5.74, 6) is 0. The molecule has 0 amide bonds. The standard InChI is InChI=1S/C24H27N/c1-17-11-9-10-14-21(17)24(3,4)22-16-20(19-12-7-6-8-13-19)23(25-5)15-18(22)2/h6-16,25H,1-5H3. The largest absolute Gasteiger partial charge is 0.388 e. The molecule has 3 aromatic rings. The molecule has 0 spiro atoms. The Kier molecular flexibility index (Phi) is 4.67. The number of nitrogens with one attached hydrogen (secondary N) is 1. The van der Waals surface area contributed by atoms with E-state index in [-0.39, 0.29) is 5.41 Å². The van der Waals surface area contributed by atoms with E-state index < -0.39 is 0 Å². The maximum absolute atomic E-state index is 3.36. The van der Waals surface area contributed by atoms with Crippen molar-refractivity contribution in [2.45, 2.75) is 33.1 Å². The topological polar surface area (TPSA) is 12.0 Å². The molecule has 128 valence electrons. The number of anilines is 1. The summed E-state index contributed by atoms with van der Waals surface area (Å²) in [6.45, 7) is 9.06. The maximum atomic E-state index is 3.36. The first-order chi connectivity index (χ1) is 11.9. The van der Waals surface area contributed by atoms with Crippen molar-refractivity contribution >= 4 is 5.69 Å². The molecule has 3 rings (SSSR count). The van der Waals surface area contributed by atoms with Crippen LogP contribution in [0.4, 0.5) is 5.69 Å². The first-order valence-electron chi connectivity index (χ1n) is 8.89. The maximum Gasteiger partial charge on any atom is 0.0420 e. The van der Waals surface area contributed by atoms with Gasteiger partial charge in [0.2, 0.25) is 0 Å². The number of hydrogen-bond acceptors (Lipinski definition) is 1. The molecule has 0 aliphatic heterocycles. The molecule has 0 aliphatic rings. The zero-order valence-corrected chi connectivity index (χ0v) is 15.9. The average Bonchev–Trinajstić information content (AvgIpc) is 2.62. The second-order valence-corrected chi connectivity index (χ2v) is 7.27. The van der Waals surface area contributed by atoms with Crippen LogP contribution in [0.3, 0.4) is 0 Å². The highest BCUT2D eigenvalue weighted by Gasteiger charge is 2.27. The SMILES string of the molecule is CNc1cc(C)c(C(C)(C)c2ccccc2C)cc1-c1ccccc1. The van der Waals surface area contributed by atoms with Crippen LogP contribution in [0.5, 0.6) is 0 Å². The molecule has 0 unspecified atom stereocenters. The third-order valence-electron chi connectivity index (χ3n) is 5.21. The summed E-state index contributed by atoms with van der Waals surface area (Å²) in [6, 6.07) is 24.0. The van der Waals surface area contributed by atoms with Gasteiger partial charge in [0.05, 0.1) is 0 Å². The van der Waals surface area contributed by atoms with E-state index in [0.29, 0.717) is 0 Å². The van der Waals surface area contributed by atoms with Crippen LogP contribution in [0.15, 0.2) is 66.7 Å². The molecule has 0 aliphatic carbocycles. The van der Waals surface area contributed by atoms with Crippen molar-refractivity contribution in [2.24, 2.45) is 0 Å². The minimum absolute atomic E-state index is 0.0504. The van der Waals surface area contributed by atoms with E-state index in [2.05, 4.69) is 99.7 Å². The zero-order valence-electron chi connectivity index (χ0n) is 15.9. The van der Waals surface area contributed by atoms with Gasteiger partial charge >= 0.3 is 0 Å². The predicted molar refractivity (Wildman–Crippen MR) is 109 cm³/mol. The van der Waals surface area contributed by atoms with Gasteiger partial charge in [-0.05, 0) is 53.8 Å². The van der Waals surface area contributed by atoms with E-state index in [1.165, 1.54) is 39.1 Å². The third kappa shape index (κ3) is 3.19. The van der Waals surface area contributed by atoms with Crippen LogP contribution in [-0.4, -0.2) is 7.05 Å². The summed E-state index contributed by atoms with van der Waals surface area (Å²) >= 11 is 0. The van der Waals surface area contributed by atoms with E-state index in [4.69, 9.17) is 0 Å². The summed E-state index contributed by atoms with van der Waals surface area (Å²) in [7, 11) is 1.99. The van der Waals surface area contributed by atoms with Crippen LogP contribution >= 0.6 is 0 Å². The lowest BCUT2D eigenvalue weighted by atomic mass is 9.73. The van der Waals surface area contributed by atoms with Crippen molar-refractivity contribution in [3.63, 3.8) is 0 Å². The van der Waals surface area contributed by atoms with Gasteiger partial charge in [0.1, 0.15) is 0 Å². The van der Waals surface area contributed by atoms with Crippen LogP contribution in [0, 0.1) is 13.8 Å². The Morgan fingerprint density at radius 2 is 1.36 bits per heavy atom. The van der Waals surface area contributed by atoms with Gasteiger partial charge in [-0.1, -0.05) is 68.4 Å². The van der Waals surface area contributed by atoms with Crippen LogP contribution in [0.25, 0.3) is 11.1 Å². The monoisotopic (exact) mass is 329 g/mol. The normalized spacial score (nSPS) is 11.4. The highest BCUT2D eigenvalue weighted by atomic mass is 14.8. The van der Waals surface area contributed by atoms with Crippen LogP contribution < -0.4 is 5.32 Å². The Balaban J connectivity index is 2.22. The number of rotatable bonds is 4. The summed E-state index contributed by atoms with van der Waals surface area (Å²) in [5.41, 5.74) is 9.04. The number of benzene rings is 3. The summed E-state index contributed by atoms with van der Waals surface area (Å²) in [5, 5.41) is 3.36. The fraction of sp³-hybridized carbons (Fsp3) is 0.250. The summed E-state index contributed by atoms with van der Waals surface area (Å²) < 4.78 is 0. The Morgan fingerprint density at radius 3 is 2.00 bits per heavy atom. The summed E-state index contributed by atoms with van der Waals surface area (Å²) in [4.78, 5) is 0. The second-order valence-electron chi connectivity index (χ2n) is 7.27. The molecule has 0 fully saturated rings. The van der Waals surface area contributed by atoms with Gasteiger partial charge in [-0.3, -0.25) is 0 Å². The van der Waals surface area contributed by atoms with Gasteiger partial charge in [0.15, 0.2) is 0 Å². The molecule has 0 atom stereocenters. The highest BCUT2D eigenvalue weighted by Crippen LogP contribution is 2.40. The van der Waals surface area contributed by atoms with Gasteiger partial charge in [0.25, 0.3) is 0 Å². The molecule has 1 nitrogen and oxygen atoms in total. The van der Waals surface area contributed by atoms with Gasteiger partial charge in [-0.2, -0.15) is 0 Å². The van der Waals surface area contributed by atoms with Crippen molar-refractivity contribution < 1.29 is 0 Å². The first-order valence-corrected chi connectivity index (χ1v) is 8.89. The quantitative estimate of drug-likeness (QED) is 0.589. The predicted octanol–water partition coefficient (Wildman–Crippen LogP) is 6.34. The Hall–Kier alpha value is -2.54. The molecule has 0 heterocycles. The lowest BCUT2D eigenvalue weighted by Crippen LogP contribution is -2.22. The van der Waals surface area contributed by atoms with Crippen molar-refractivity contribution in [1.82, 2.24) is 0 Å². The van der Waals surface area contributed by atoms with Crippen molar-refractivity contribution in [1.29, 1.82) is 0 Å². The van der Waals surface area contributed by atoms with Gasteiger partial charge in [-0.15, -0.1) is 0 Å². The molecule has 0 radical (unpaired) electrons. The van der Waals surface area contributed by atoms with E-state index in [0.717, 1.165) is 0 Å². The molecule has 0 saturated heterocycles. The molecule has 0 aromatic heterocycles. The third-order valence-corrected chi connectivity index (χ3v) is 5.21. The molecule has 0 saturated carbocycles. The second kappa shape index (κ2) is 6.76. The molecular formula is C24H27N. The van der Waals surface area contributed by atoms with E-state index in [9.17, 15) is 0 Å². The van der Waals surface area contributed by atoms with Gasteiger partial charge < -0.3 is 5.32 Å². The van der Waals surface area contributed by atoms with Crippen molar-refractivity contribution in [3.8, 4) is 11.1 Å². The fourth-order valence-electron chi connectivity index (χ4n) is 3.86. The van der Waals surface area contributed by atoms with Crippen LogP contribution in [0.2, 0.25) is 0 Å². The Bertz CT molecular complexity index is 876. The minimum Gasteiger partial charge on any atom is -0.388 e. The number of aryl methyl sites for hydroxylation is 2. The Morgan fingerprint density at radius 1 is 0.720 bits per heavy atom. The Labute approximate surface area is 151 Å². The molecule has 1 N–H and O–H groups in total. The lowest BCUT2D eigenvalue weighted by Gasteiger charge is -2.31. The van der Waals surface area contributed by atoms with E-state index in [1.807, 2.05) is 7.05 Å². The minimum atomic E-state index is -0.0504. The molecule has 3 aromatic carbocycles. The van der Waals surface area contributed by atoms with Crippen molar-refractivity contribution in [2.75, 3.05) is 12.4 Å². The van der Waals surface area contributed by atoms with Crippen molar-refractivity contribution in [3.05, 3.63) is 89.0 Å². The first kappa shape index (κ1) is 17.3. The van der Waals surface area contributed by atoms with E-state index >= 15 is 0 Å². The summed E-state index contributed by atoms with van der Waals surface area (Å²) in [6.07, 6.45) is 0. The van der Waals surface area contributed by atoms with Gasteiger partial charge in [-0.25, -0.2) is 0 Å². The van der Waals surface area contributed by atoms with E-state index in [1.54, 1.807) is 0 Å². The smallest absolute Gasteiger partial charge is 0.0420 e. The van der Waals surface area contributed by atoms with Crippen LogP contribution in [0.1, 0.15) is 36.1 Å². The highest BCUT2D eigenvalue weighted by molar-refractivity contribution is 5.80.